The van der Waals surface area contributed by atoms with E-state index in [-0.39, 0.29) is 11.7 Å². The Hall–Kier alpha value is -2.96. The van der Waals surface area contributed by atoms with Gasteiger partial charge in [0.15, 0.2) is 6.54 Å². The smallest absolute Gasteiger partial charge is 0.295 e. The molecule has 2 aromatic rings. The highest BCUT2D eigenvalue weighted by molar-refractivity contribution is 5.85. The van der Waals surface area contributed by atoms with Gasteiger partial charge in [-0.1, -0.05) is 48.5 Å². The number of aromatic hydroxyl groups is 1. The fraction of sp³-hybridized carbons (Fsp3) is 0.304. The highest BCUT2D eigenvalue weighted by Gasteiger charge is 2.24. The average molecular weight is 395 g/mol. The van der Waals surface area contributed by atoms with Crippen LogP contribution in [0.25, 0.3) is 0 Å². The van der Waals surface area contributed by atoms with Crippen molar-refractivity contribution < 1.29 is 19.7 Å². The first-order valence-corrected chi connectivity index (χ1v) is 10.1. The second-order valence-electron chi connectivity index (χ2n) is 7.48. The van der Waals surface area contributed by atoms with E-state index in [0.717, 1.165) is 38.3 Å². The number of carbonyl (C=O) groups excluding carboxylic acids is 1. The Kier molecular flexibility index (Phi) is 7.55. The second kappa shape index (κ2) is 10.5. The van der Waals surface area contributed by atoms with Gasteiger partial charge in [0.2, 0.25) is 0 Å². The van der Waals surface area contributed by atoms with Crippen LogP contribution in [0.3, 0.4) is 0 Å². The lowest BCUT2D eigenvalue weighted by Gasteiger charge is -2.29. The number of piperazine rings is 1. The molecule has 0 radical (unpaired) electrons. The van der Waals surface area contributed by atoms with Gasteiger partial charge in [0.05, 0.1) is 6.21 Å². The minimum absolute atomic E-state index is 0.107. The van der Waals surface area contributed by atoms with Gasteiger partial charge in [-0.05, 0) is 18.1 Å². The normalized spacial score (nSPS) is 19.2. The third kappa shape index (κ3) is 6.27. The zero-order valence-electron chi connectivity index (χ0n) is 16.7. The number of nitrogens with zero attached hydrogens (tertiary/aromatic N) is 1. The fourth-order valence-corrected chi connectivity index (χ4v) is 3.67. The van der Waals surface area contributed by atoms with Crippen LogP contribution >= 0.6 is 0 Å². The molecular formula is C23H30N4O2+2. The maximum Gasteiger partial charge on any atom is 0.295 e. The second-order valence-corrected chi connectivity index (χ2v) is 7.48. The number of amides is 1. The Balaban J connectivity index is 1.42. The SMILES string of the molecule is C=CCc1cccc(/C=N/NC(=O)C[NH+]2CC[NH+](Cc3ccccc3)CC2)c1O. The molecule has 6 heteroatoms. The van der Waals surface area contributed by atoms with Gasteiger partial charge in [-0.15, -0.1) is 6.58 Å². The maximum atomic E-state index is 12.2. The van der Waals surface area contributed by atoms with Crippen LogP contribution in [0.1, 0.15) is 16.7 Å². The molecule has 1 aliphatic heterocycles. The molecule has 6 nitrogen and oxygen atoms in total. The summed E-state index contributed by atoms with van der Waals surface area (Å²) in [7, 11) is 0. The lowest BCUT2D eigenvalue weighted by atomic mass is 10.1. The molecule has 29 heavy (non-hydrogen) atoms. The Labute approximate surface area is 172 Å². The molecule has 0 saturated carbocycles. The molecule has 4 N–H and O–H groups in total. The van der Waals surface area contributed by atoms with Crippen LogP contribution in [0.5, 0.6) is 5.75 Å². The molecule has 1 saturated heterocycles. The summed E-state index contributed by atoms with van der Waals surface area (Å²) in [6.07, 6.45) is 3.81. The number of carbonyl (C=O) groups is 1. The summed E-state index contributed by atoms with van der Waals surface area (Å²) >= 11 is 0. The number of nitrogens with one attached hydrogen (secondary N) is 3. The first kappa shape index (κ1) is 20.8. The molecule has 1 fully saturated rings. The van der Waals surface area contributed by atoms with Gasteiger partial charge in [0.25, 0.3) is 5.91 Å². The van der Waals surface area contributed by atoms with E-state index in [1.807, 2.05) is 18.2 Å². The van der Waals surface area contributed by atoms with Crippen molar-refractivity contribution in [3.05, 3.63) is 77.9 Å². The van der Waals surface area contributed by atoms with Crippen LogP contribution in [0.4, 0.5) is 0 Å². The number of hydrazone groups is 1. The van der Waals surface area contributed by atoms with Gasteiger partial charge in [0.1, 0.15) is 38.5 Å². The van der Waals surface area contributed by atoms with Gasteiger partial charge in [-0.25, -0.2) is 5.43 Å². The summed E-state index contributed by atoms with van der Waals surface area (Å²) in [4.78, 5) is 15.0. The molecular weight excluding hydrogens is 364 g/mol. The van der Waals surface area contributed by atoms with Crippen molar-refractivity contribution in [3.63, 3.8) is 0 Å². The summed E-state index contributed by atoms with van der Waals surface area (Å²) in [5, 5.41) is 14.2. The van der Waals surface area contributed by atoms with Crippen LogP contribution in [0, 0.1) is 0 Å². The van der Waals surface area contributed by atoms with Gasteiger partial charge < -0.3 is 14.9 Å². The van der Waals surface area contributed by atoms with Crippen LogP contribution in [-0.4, -0.2) is 50.0 Å². The topological polar surface area (TPSA) is 70.6 Å². The fourth-order valence-electron chi connectivity index (χ4n) is 3.67. The standard InChI is InChI=1S/C23H28N4O2/c1-2-7-20-10-6-11-21(23(20)29)16-24-25-22(28)18-27-14-12-26(13-15-27)17-19-8-4-3-5-9-19/h2-6,8-11,16,29H,1,7,12-15,17-18H2,(H,25,28)/p+2/b24-16+. The first-order chi connectivity index (χ1) is 14.2. The number of phenols is 1. The van der Waals surface area contributed by atoms with E-state index in [1.165, 1.54) is 16.7 Å². The van der Waals surface area contributed by atoms with Crippen LogP contribution < -0.4 is 15.2 Å². The minimum Gasteiger partial charge on any atom is -0.507 e. The Morgan fingerprint density at radius 1 is 1.07 bits per heavy atom. The molecule has 2 aromatic carbocycles. The summed E-state index contributed by atoms with van der Waals surface area (Å²) in [5.41, 5.74) is 5.31. The Morgan fingerprint density at radius 3 is 2.52 bits per heavy atom. The number of rotatable bonds is 8. The molecule has 0 aliphatic carbocycles. The minimum atomic E-state index is -0.107. The number of quaternary nitrogens is 2. The molecule has 1 heterocycles. The number of hydrogen-bond donors (Lipinski definition) is 4. The zero-order valence-corrected chi connectivity index (χ0v) is 16.7. The van der Waals surface area contributed by atoms with E-state index in [0.29, 0.717) is 18.5 Å². The predicted octanol–water partition coefficient (Wildman–Crippen LogP) is -0.446. The molecule has 1 amide bonds. The lowest BCUT2D eigenvalue weighted by Crippen LogP contribution is -3.28. The molecule has 1 aliphatic rings. The monoisotopic (exact) mass is 394 g/mol. The summed E-state index contributed by atoms with van der Waals surface area (Å²) in [5.74, 6) is 0.0676. The summed E-state index contributed by atoms with van der Waals surface area (Å²) in [6, 6.07) is 16.0. The molecule has 152 valence electrons. The highest BCUT2D eigenvalue weighted by Crippen LogP contribution is 2.21. The average Bonchev–Trinajstić information content (AvgIpc) is 2.73. The molecule has 0 unspecified atom stereocenters. The van der Waals surface area contributed by atoms with Crippen LogP contribution in [0.2, 0.25) is 0 Å². The van der Waals surface area contributed by atoms with Crippen molar-refractivity contribution in [2.75, 3.05) is 32.7 Å². The van der Waals surface area contributed by atoms with Crippen LogP contribution in [0.15, 0.2) is 66.3 Å². The molecule has 0 bridgehead atoms. The van der Waals surface area contributed by atoms with E-state index in [1.54, 1.807) is 17.0 Å². The third-order valence-corrected chi connectivity index (χ3v) is 5.28. The van der Waals surface area contributed by atoms with E-state index >= 15 is 0 Å². The van der Waals surface area contributed by atoms with E-state index in [9.17, 15) is 9.90 Å². The highest BCUT2D eigenvalue weighted by atomic mass is 16.3. The van der Waals surface area contributed by atoms with Crippen molar-refractivity contribution in [1.82, 2.24) is 5.43 Å². The van der Waals surface area contributed by atoms with Gasteiger partial charge in [-0.3, -0.25) is 4.79 Å². The number of allylic oxidation sites excluding steroid dienone is 1. The lowest BCUT2D eigenvalue weighted by molar-refractivity contribution is -1.02. The zero-order chi connectivity index (χ0) is 20.5. The number of para-hydroxylation sites is 1. The van der Waals surface area contributed by atoms with Crippen molar-refractivity contribution in [1.29, 1.82) is 0 Å². The molecule has 0 aromatic heterocycles. The van der Waals surface area contributed by atoms with Crippen molar-refractivity contribution in [2.45, 2.75) is 13.0 Å². The third-order valence-electron chi connectivity index (χ3n) is 5.28. The van der Waals surface area contributed by atoms with E-state index in [4.69, 9.17) is 0 Å². The summed E-state index contributed by atoms with van der Waals surface area (Å²) < 4.78 is 0. The maximum absolute atomic E-state index is 12.2. The van der Waals surface area contributed by atoms with E-state index in [2.05, 4.69) is 41.4 Å². The molecule has 0 atom stereocenters. The molecule has 0 spiro atoms. The van der Waals surface area contributed by atoms with Gasteiger partial charge >= 0.3 is 0 Å². The number of benzene rings is 2. The summed E-state index contributed by atoms with van der Waals surface area (Å²) in [6.45, 7) is 9.22. The Bertz CT molecular complexity index is 843. The van der Waals surface area contributed by atoms with Crippen molar-refractivity contribution in [3.8, 4) is 5.75 Å². The number of phenolic OH excluding ortho intramolecular Hbond substituents is 1. The predicted molar refractivity (Wildman–Crippen MR) is 114 cm³/mol. The largest absolute Gasteiger partial charge is 0.507 e. The van der Waals surface area contributed by atoms with Gasteiger partial charge in [-0.2, -0.15) is 5.10 Å². The van der Waals surface area contributed by atoms with Gasteiger partial charge in [0, 0.05) is 11.1 Å². The quantitative estimate of drug-likeness (QED) is 0.278. The van der Waals surface area contributed by atoms with Crippen molar-refractivity contribution >= 4 is 12.1 Å². The number of hydrogen-bond acceptors (Lipinski definition) is 3. The van der Waals surface area contributed by atoms with Crippen LogP contribution in [-0.2, 0) is 17.8 Å². The molecule has 3 rings (SSSR count). The van der Waals surface area contributed by atoms with E-state index < -0.39 is 0 Å². The first-order valence-electron chi connectivity index (χ1n) is 10.1. The Morgan fingerprint density at radius 2 is 1.79 bits per heavy atom. The van der Waals surface area contributed by atoms with Crippen molar-refractivity contribution in [2.24, 2.45) is 5.10 Å².